The lowest BCUT2D eigenvalue weighted by Gasteiger charge is -2.13. The molecule has 1 aliphatic rings. The van der Waals surface area contributed by atoms with Crippen molar-refractivity contribution in [1.29, 1.82) is 5.26 Å². The summed E-state index contributed by atoms with van der Waals surface area (Å²) in [6, 6.07) is 9.10. The minimum Gasteiger partial charge on any atom is -0.452 e. The van der Waals surface area contributed by atoms with Crippen LogP contribution in [0.2, 0.25) is 0 Å². The van der Waals surface area contributed by atoms with E-state index in [2.05, 4.69) is 16.7 Å². The van der Waals surface area contributed by atoms with E-state index in [1.54, 1.807) is 24.3 Å². The number of nitrogens with one attached hydrogen (secondary N) is 2. The molecule has 8 heteroatoms. The maximum atomic E-state index is 12.6. The first-order valence-electron chi connectivity index (χ1n) is 11.4. The molecule has 1 atom stereocenters. The van der Waals surface area contributed by atoms with E-state index in [0.717, 1.165) is 48.1 Å². The third-order valence-electron chi connectivity index (χ3n) is 5.44. The van der Waals surface area contributed by atoms with Crippen molar-refractivity contribution in [2.75, 3.05) is 10.6 Å². The van der Waals surface area contributed by atoms with Gasteiger partial charge >= 0.3 is 5.97 Å². The third kappa shape index (κ3) is 6.78. The van der Waals surface area contributed by atoms with Gasteiger partial charge in [-0.05, 0) is 69.7 Å². The van der Waals surface area contributed by atoms with Crippen LogP contribution in [0.15, 0.2) is 35.9 Å². The average molecular weight is 480 g/mol. The van der Waals surface area contributed by atoms with Gasteiger partial charge in [0.15, 0.2) is 6.10 Å². The van der Waals surface area contributed by atoms with Crippen LogP contribution in [0.4, 0.5) is 10.7 Å². The second-order valence-electron chi connectivity index (χ2n) is 8.59. The molecule has 0 saturated heterocycles. The van der Waals surface area contributed by atoms with E-state index in [0.29, 0.717) is 21.8 Å². The Bertz CT molecular complexity index is 1140. The predicted molar refractivity (Wildman–Crippen MR) is 133 cm³/mol. The molecule has 178 valence electrons. The molecule has 7 nitrogen and oxygen atoms in total. The minimum atomic E-state index is -0.997. The van der Waals surface area contributed by atoms with Crippen LogP contribution in [0.1, 0.15) is 61.6 Å². The normalized spacial score (nSPS) is 13.5. The standard InChI is InChI=1S/C26H29N3O4S/c1-16(2)13-23(30)28-19-11-9-18(10-12-19)14-24(31)33-17(3)25(32)29-26-21(15-27)20-7-5-4-6-8-22(20)34-26/h9-13,17H,4-8,14H2,1-3H3,(H,28,30)(H,29,32). The van der Waals surface area contributed by atoms with Crippen molar-refractivity contribution in [3.8, 4) is 6.07 Å². The summed E-state index contributed by atoms with van der Waals surface area (Å²) in [6.07, 6.45) is 5.56. The van der Waals surface area contributed by atoms with Gasteiger partial charge in [-0.15, -0.1) is 11.3 Å². The number of amides is 2. The molecule has 3 rings (SSSR count). The fraction of sp³-hybridized carbons (Fsp3) is 0.385. The molecule has 1 aromatic heterocycles. The van der Waals surface area contributed by atoms with E-state index in [1.165, 1.54) is 24.3 Å². The van der Waals surface area contributed by atoms with Crippen LogP contribution in [0.5, 0.6) is 0 Å². The van der Waals surface area contributed by atoms with Gasteiger partial charge in [0.05, 0.1) is 12.0 Å². The van der Waals surface area contributed by atoms with Gasteiger partial charge in [-0.3, -0.25) is 14.4 Å². The number of anilines is 2. The fourth-order valence-electron chi connectivity index (χ4n) is 3.77. The van der Waals surface area contributed by atoms with Crippen molar-refractivity contribution in [3.63, 3.8) is 0 Å². The zero-order chi connectivity index (χ0) is 24.7. The summed E-state index contributed by atoms with van der Waals surface area (Å²) in [5, 5.41) is 15.7. The van der Waals surface area contributed by atoms with Crippen LogP contribution in [-0.2, 0) is 38.4 Å². The van der Waals surface area contributed by atoms with Gasteiger partial charge < -0.3 is 15.4 Å². The van der Waals surface area contributed by atoms with Gasteiger partial charge in [-0.1, -0.05) is 24.1 Å². The van der Waals surface area contributed by atoms with Crippen molar-refractivity contribution >= 4 is 39.8 Å². The molecule has 0 aliphatic heterocycles. The summed E-state index contributed by atoms with van der Waals surface area (Å²) in [4.78, 5) is 38.0. The smallest absolute Gasteiger partial charge is 0.311 e. The molecule has 0 fully saturated rings. The van der Waals surface area contributed by atoms with Crippen molar-refractivity contribution in [2.45, 2.75) is 65.4 Å². The van der Waals surface area contributed by atoms with Crippen LogP contribution in [-0.4, -0.2) is 23.9 Å². The zero-order valence-corrected chi connectivity index (χ0v) is 20.5. The number of hydrogen-bond donors (Lipinski definition) is 2. The number of carbonyl (C=O) groups is 3. The Balaban J connectivity index is 1.55. The van der Waals surface area contributed by atoms with Gasteiger partial charge in [0.2, 0.25) is 5.91 Å². The average Bonchev–Trinajstić information content (AvgIpc) is 2.93. The van der Waals surface area contributed by atoms with E-state index in [4.69, 9.17) is 4.74 Å². The second kappa shape index (κ2) is 11.6. The zero-order valence-electron chi connectivity index (χ0n) is 19.7. The number of nitriles is 1. The van der Waals surface area contributed by atoms with Crippen LogP contribution in [0.3, 0.4) is 0 Å². The molecule has 0 spiro atoms. The van der Waals surface area contributed by atoms with Gasteiger partial charge in [0, 0.05) is 16.6 Å². The summed E-state index contributed by atoms with van der Waals surface area (Å²) in [6.45, 7) is 5.19. The molecular weight excluding hydrogens is 450 g/mol. The van der Waals surface area contributed by atoms with E-state index in [1.807, 2.05) is 13.8 Å². The van der Waals surface area contributed by atoms with E-state index in [-0.39, 0.29) is 12.3 Å². The summed E-state index contributed by atoms with van der Waals surface area (Å²) >= 11 is 1.45. The third-order valence-corrected chi connectivity index (χ3v) is 6.64. The maximum Gasteiger partial charge on any atom is 0.311 e. The van der Waals surface area contributed by atoms with Crippen molar-refractivity contribution < 1.29 is 19.1 Å². The summed E-state index contributed by atoms with van der Waals surface area (Å²) in [5.41, 5.74) is 3.80. The molecule has 2 N–H and O–H groups in total. The lowest BCUT2D eigenvalue weighted by Crippen LogP contribution is -2.30. The summed E-state index contributed by atoms with van der Waals surface area (Å²) < 4.78 is 5.32. The fourth-order valence-corrected chi connectivity index (χ4v) is 5.01. The first-order chi connectivity index (χ1) is 16.3. The molecule has 0 bridgehead atoms. The number of rotatable bonds is 7. The Kier molecular flexibility index (Phi) is 8.61. The number of thiophene rings is 1. The number of fused-ring (bicyclic) bond motifs is 1. The highest BCUT2D eigenvalue weighted by Gasteiger charge is 2.24. The lowest BCUT2D eigenvalue weighted by molar-refractivity contribution is -0.152. The molecule has 0 radical (unpaired) electrons. The number of nitrogens with zero attached hydrogens (tertiary/aromatic N) is 1. The lowest BCUT2D eigenvalue weighted by atomic mass is 10.1. The monoisotopic (exact) mass is 479 g/mol. The summed E-state index contributed by atoms with van der Waals surface area (Å²) in [5.74, 6) is -1.21. The van der Waals surface area contributed by atoms with Crippen molar-refractivity contribution in [1.82, 2.24) is 0 Å². The molecule has 1 aliphatic carbocycles. The van der Waals surface area contributed by atoms with E-state index in [9.17, 15) is 19.6 Å². The van der Waals surface area contributed by atoms with Crippen molar-refractivity contribution in [3.05, 3.63) is 57.5 Å². The highest BCUT2D eigenvalue weighted by Crippen LogP contribution is 2.37. The van der Waals surface area contributed by atoms with Crippen molar-refractivity contribution in [2.24, 2.45) is 0 Å². The first-order valence-corrected chi connectivity index (χ1v) is 12.2. The van der Waals surface area contributed by atoms with Gasteiger partial charge in [-0.25, -0.2) is 0 Å². The molecule has 1 heterocycles. The number of allylic oxidation sites excluding steroid dienone is 1. The highest BCUT2D eigenvalue weighted by atomic mass is 32.1. The molecule has 2 aromatic rings. The SMILES string of the molecule is CC(C)=CC(=O)Nc1ccc(CC(=O)OC(C)C(=O)Nc2sc3c(c2C#N)CCCCC3)cc1. The Labute approximate surface area is 203 Å². The number of esters is 1. The largest absolute Gasteiger partial charge is 0.452 e. The van der Waals surface area contributed by atoms with Crippen LogP contribution >= 0.6 is 11.3 Å². The number of carbonyl (C=O) groups excluding carboxylic acids is 3. The van der Waals surface area contributed by atoms with Crippen LogP contribution in [0, 0.1) is 11.3 Å². The number of benzene rings is 1. The minimum absolute atomic E-state index is 0.00341. The topological polar surface area (TPSA) is 108 Å². The molecule has 1 aromatic carbocycles. The predicted octanol–water partition coefficient (Wildman–Crippen LogP) is 4.91. The van der Waals surface area contributed by atoms with E-state index >= 15 is 0 Å². The maximum absolute atomic E-state index is 12.6. The molecule has 0 saturated carbocycles. The molecular formula is C26H29N3O4S. The Morgan fingerprint density at radius 2 is 1.82 bits per heavy atom. The Morgan fingerprint density at radius 3 is 2.50 bits per heavy atom. The molecule has 1 unspecified atom stereocenters. The number of hydrogen-bond acceptors (Lipinski definition) is 6. The van der Waals surface area contributed by atoms with Gasteiger partial charge in [0.25, 0.3) is 5.91 Å². The van der Waals surface area contributed by atoms with Crippen LogP contribution < -0.4 is 10.6 Å². The first kappa shape index (κ1) is 25.2. The van der Waals surface area contributed by atoms with Crippen LogP contribution in [0.25, 0.3) is 0 Å². The second-order valence-corrected chi connectivity index (χ2v) is 9.69. The molecule has 34 heavy (non-hydrogen) atoms. The van der Waals surface area contributed by atoms with Gasteiger partial charge in [-0.2, -0.15) is 5.26 Å². The van der Waals surface area contributed by atoms with E-state index < -0.39 is 18.0 Å². The van der Waals surface area contributed by atoms with Gasteiger partial charge in [0.1, 0.15) is 11.1 Å². The summed E-state index contributed by atoms with van der Waals surface area (Å²) in [7, 11) is 0. The Morgan fingerprint density at radius 1 is 1.12 bits per heavy atom. The highest BCUT2D eigenvalue weighted by molar-refractivity contribution is 7.16. The number of aryl methyl sites for hydroxylation is 1. The number of ether oxygens (including phenoxy) is 1. The Hall–Kier alpha value is -3.44. The quantitative estimate of drug-likeness (QED) is 0.333. The molecule has 2 amide bonds.